The van der Waals surface area contributed by atoms with E-state index >= 15 is 0 Å². The zero-order chi connectivity index (χ0) is 19.3. The third kappa shape index (κ3) is 19.6. The normalized spacial score (nSPS) is 14.8. The van der Waals surface area contributed by atoms with Crippen molar-refractivity contribution in [1.29, 1.82) is 0 Å². The van der Waals surface area contributed by atoms with E-state index < -0.39 is 0 Å². The summed E-state index contributed by atoms with van der Waals surface area (Å²) in [7, 11) is 2.43. The number of rotatable bonds is 21. The Bertz CT molecular complexity index is 229. The van der Waals surface area contributed by atoms with E-state index in [-0.39, 0.29) is 0 Å². The summed E-state index contributed by atoms with van der Waals surface area (Å²) in [6.07, 6.45) is 26.4. The van der Waals surface area contributed by atoms with Crippen LogP contribution in [0.25, 0.3) is 0 Å². The lowest BCUT2D eigenvalue weighted by Gasteiger charge is -2.20. The molecular weight excluding hydrogens is 350 g/mol. The average molecular weight is 403 g/mol. The van der Waals surface area contributed by atoms with Crippen LogP contribution in [0.1, 0.15) is 130 Å². The molecule has 0 aromatic carbocycles. The Balaban J connectivity index is 3.31. The van der Waals surface area contributed by atoms with Gasteiger partial charge in [-0.3, -0.25) is 0 Å². The molecule has 0 fully saturated rings. The minimum Gasteiger partial charge on any atom is -0.119 e. The molecule has 0 aromatic rings. The number of hydrogen-bond donors (Lipinski definition) is 0. The largest absolute Gasteiger partial charge is 0.119 e. The predicted octanol–water partition coefficient (Wildman–Crippen LogP) is 9.40. The van der Waals surface area contributed by atoms with E-state index in [2.05, 4.69) is 27.7 Å². The highest BCUT2D eigenvalue weighted by molar-refractivity contribution is 7.43. The quantitative estimate of drug-likeness (QED) is 0.132. The van der Waals surface area contributed by atoms with Gasteiger partial charge in [-0.2, -0.15) is 0 Å². The second-order valence-corrected chi connectivity index (χ2v) is 12.1. The molecular formula is C24H52P2. The van der Waals surface area contributed by atoms with E-state index in [0.717, 1.165) is 11.3 Å². The zero-order valence-electron chi connectivity index (χ0n) is 18.9. The van der Waals surface area contributed by atoms with E-state index in [4.69, 9.17) is 0 Å². The fraction of sp³-hybridized carbons (Fsp3) is 1.00. The Morgan fingerprint density at radius 2 is 0.692 bits per heavy atom. The lowest BCUT2D eigenvalue weighted by atomic mass is 10.1. The highest BCUT2D eigenvalue weighted by atomic mass is 31.1. The molecule has 0 heterocycles. The standard InChI is InChI=1S/C24H52P2/c1-5-7-9-11-13-15-17-19-21-25-23(3)24(4)26-22-20-18-16-14-12-10-8-6-2/h23-26H,5-22H2,1-4H3. The van der Waals surface area contributed by atoms with E-state index in [1.165, 1.54) is 132 Å². The lowest BCUT2D eigenvalue weighted by molar-refractivity contribution is 0.585. The van der Waals surface area contributed by atoms with Crippen LogP contribution < -0.4 is 0 Å². The van der Waals surface area contributed by atoms with E-state index in [9.17, 15) is 0 Å². The van der Waals surface area contributed by atoms with Crippen molar-refractivity contribution in [3.05, 3.63) is 0 Å². The van der Waals surface area contributed by atoms with E-state index in [0.29, 0.717) is 0 Å². The fourth-order valence-electron chi connectivity index (χ4n) is 3.53. The maximum atomic E-state index is 2.52. The Morgan fingerprint density at radius 3 is 1.00 bits per heavy atom. The van der Waals surface area contributed by atoms with Crippen LogP contribution in [0.15, 0.2) is 0 Å². The van der Waals surface area contributed by atoms with Crippen LogP contribution in [0.5, 0.6) is 0 Å². The minimum atomic E-state index is 0.979. The summed E-state index contributed by atoms with van der Waals surface area (Å²) >= 11 is 0. The van der Waals surface area contributed by atoms with Gasteiger partial charge in [0.2, 0.25) is 0 Å². The van der Waals surface area contributed by atoms with Gasteiger partial charge in [0.25, 0.3) is 0 Å². The molecule has 0 amide bonds. The molecule has 0 aliphatic rings. The Morgan fingerprint density at radius 1 is 0.423 bits per heavy atom. The average Bonchev–Trinajstić information content (AvgIpc) is 2.65. The van der Waals surface area contributed by atoms with Crippen molar-refractivity contribution in [1.82, 2.24) is 0 Å². The molecule has 0 rings (SSSR count). The molecule has 0 nitrogen and oxygen atoms in total. The van der Waals surface area contributed by atoms with Gasteiger partial charge in [-0.05, 0) is 36.5 Å². The maximum Gasteiger partial charge on any atom is -0.0202 e. The van der Waals surface area contributed by atoms with Crippen molar-refractivity contribution in [3.63, 3.8) is 0 Å². The second-order valence-electron chi connectivity index (χ2n) is 8.44. The third-order valence-electron chi connectivity index (χ3n) is 5.74. The first-order valence-corrected chi connectivity index (χ1v) is 14.8. The summed E-state index contributed by atoms with van der Waals surface area (Å²) < 4.78 is 0. The second kappa shape index (κ2) is 22.2. The monoisotopic (exact) mass is 402 g/mol. The third-order valence-corrected chi connectivity index (χ3v) is 9.65. The Kier molecular flexibility index (Phi) is 22.9. The Hall–Kier alpha value is 0.860. The maximum absolute atomic E-state index is 2.52. The summed E-state index contributed by atoms with van der Waals surface area (Å²) in [4.78, 5) is 0. The van der Waals surface area contributed by atoms with Gasteiger partial charge in [0.15, 0.2) is 0 Å². The number of unbranched alkanes of at least 4 members (excludes halogenated alkanes) is 14. The van der Waals surface area contributed by atoms with Gasteiger partial charge in [-0.1, -0.05) is 118 Å². The summed E-state index contributed by atoms with van der Waals surface area (Å²) in [5.74, 6) is 0. The van der Waals surface area contributed by atoms with Crippen molar-refractivity contribution in [2.24, 2.45) is 0 Å². The van der Waals surface area contributed by atoms with E-state index in [1.54, 1.807) is 0 Å². The van der Waals surface area contributed by atoms with Gasteiger partial charge in [0, 0.05) is 0 Å². The molecule has 4 unspecified atom stereocenters. The molecule has 0 saturated heterocycles. The summed E-state index contributed by atoms with van der Waals surface area (Å²) in [6, 6.07) is 0. The molecule has 4 atom stereocenters. The molecule has 0 spiro atoms. The first-order chi connectivity index (χ1) is 12.7. The smallest absolute Gasteiger partial charge is 0.0202 e. The summed E-state index contributed by atoms with van der Waals surface area (Å²) in [5.41, 5.74) is 1.96. The van der Waals surface area contributed by atoms with E-state index in [1.807, 2.05) is 0 Å². The van der Waals surface area contributed by atoms with Gasteiger partial charge >= 0.3 is 0 Å². The van der Waals surface area contributed by atoms with Gasteiger partial charge < -0.3 is 0 Å². The molecule has 2 heteroatoms. The highest BCUT2D eigenvalue weighted by Gasteiger charge is 2.11. The van der Waals surface area contributed by atoms with Crippen LogP contribution in [-0.4, -0.2) is 23.6 Å². The van der Waals surface area contributed by atoms with Gasteiger partial charge in [-0.15, -0.1) is 17.2 Å². The predicted molar refractivity (Wildman–Crippen MR) is 131 cm³/mol. The van der Waals surface area contributed by atoms with Crippen molar-refractivity contribution in [2.45, 2.75) is 142 Å². The van der Waals surface area contributed by atoms with Crippen LogP contribution in [0.3, 0.4) is 0 Å². The molecule has 26 heavy (non-hydrogen) atoms. The first kappa shape index (κ1) is 26.9. The number of hydrogen-bond acceptors (Lipinski definition) is 0. The minimum absolute atomic E-state index is 0.979. The molecule has 0 bridgehead atoms. The first-order valence-electron chi connectivity index (χ1n) is 12.2. The summed E-state index contributed by atoms with van der Waals surface area (Å²) in [6.45, 7) is 9.65. The van der Waals surface area contributed by atoms with Crippen molar-refractivity contribution >= 4 is 17.2 Å². The lowest BCUT2D eigenvalue weighted by Crippen LogP contribution is -2.10. The van der Waals surface area contributed by atoms with Crippen molar-refractivity contribution in [2.75, 3.05) is 12.3 Å². The molecule has 0 aliphatic heterocycles. The van der Waals surface area contributed by atoms with Crippen LogP contribution in [0.2, 0.25) is 0 Å². The van der Waals surface area contributed by atoms with Crippen molar-refractivity contribution in [3.8, 4) is 0 Å². The van der Waals surface area contributed by atoms with Crippen molar-refractivity contribution < 1.29 is 0 Å². The molecule has 0 aromatic heterocycles. The van der Waals surface area contributed by atoms with Gasteiger partial charge in [0.05, 0.1) is 0 Å². The zero-order valence-corrected chi connectivity index (χ0v) is 20.9. The van der Waals surface area contributed by atoms with Crippen LogP contribution in [0, 0.1) is 0 Å². The molecule has 0 saturated carbocycles. The van der Waals surface area contributed by atoms with Crippen LogP contribution in [0.4, 0.5) is 0 Å². The van der Waals surface area contributed by atoms with Gasteiger partial charge in [-0.25, -0.2) is 0 Å². The molecule has 0 aliphatic carbocycles. The summed E-state index contributed by atoms with van der Waals surface area (Å²) in [5, 5.41) is 0. The fourth-order valence-corrected chi connectivity index (χ4v) is 6.76. The van der Waals surface area contributed by atoms with Crippen LogP contribution >= 0.6 is 17.2 Å². The topological polar surface area (TPSA) is 0 Å². The molecule has 0 radical (unpaired) electrons. The highest BCUT2D eigenvalue weighted by Crippen LogP contribution is 2.34. The molecule has 158 valence electrons. The molecule has 0 N–H and O–H groups in total. The van der Waals surface area contributed by atoms with Crippen LogP contribution in [-0.2, 0) is 0 Å². The Labute approximate surface area is 171 Å². The van der Waals surface area contributed by atoms with Gasteiger partial charge in [0.1, 0.15) is 0 Å². The SMILES string of the molecule is CCCCCCCCCCPC(C)C(C)PCCCCCCCCCC.